The van der Waals surface area contributed by atoms with Crippen molar-refractivity contribution in [1.29, 1.82) is 0 Å². The Kier molecular flexibility index (Phi) is 14.0. The third kappa shape index (κ3) is 11.9. The van der Waals surface area contributed by atoms with Gasteiger partial charge in [0.25, 0.3) is 0 Å². The summed E-state index contributed by atoms with van der Waals surface area (Å²) in [6.45, 7) is 2.90. The van der Waals surface area contributed by atoms with Crippen LogP contribution in [-0.4, -0.2) is 12.5 Å². The lowest BCUT2D eigenvalue weighted by molar-refractivity contribution is -0.116. The number of carbonyl (C=O) groups excluding carboxylic acids is 1. The highest BCUT2D eigenvalue weighted by molar-refractivity contribution is 5.92. The average Bonchev–Trinajstić information content (AvgIpc) is 2.82. The molecule has 1 N–H and O–H groups in total. The molecule has 3 heteroatoms. The van der Waals surface area contributed by atoms with Crippen molar-refractivity contribution in [3.63, 3.8) is 0 Å². The van der Waals surface area contributed by atoms with Crippen LogP contribution in [0.1, 0.15) is 96.0 Å². The molecule has 2 aromatic carbocycles. The third-order valence-electron chi connectivity index (χ3n) is 5.88. The van der Waals surface area contributed by atoms with Gasteiger partial charge in [0, 0.05) is 6.42 Å². The Balaban J connectivity index is 1.55. The SMILES string of the molecule is CCCCCCCCCCCCCC(=O)Nc1ccccc1OCCCc1ccccc1. The van der Waals surface area contributed by atoms with Crippen molar-refractivity contribution in [3.8, 4) is 5.75 Å². The summed E-state index contributed by atoms with van der Waals surface area (Å²) in [4.78, 5) is 12.4. The summed E-state index contributed by atoms with van der Waals surface area (Å²) < 4.78 is 5.96. The molecule has 0 unspecified atom stereocenters. The van der Waals surface area contributed by atoms with Crippen molar-refractivity contribution >= 4 is 11.6 Å². The minimum Gasteiger partial charge on any atom is -0.491 e. The first-order valence-corrected chi connectivity index (χ1v) is 12.8. The molecule has 0 saturated heterocycles. The van der Waals surface area contributed by atoms with Crippen molar-refractivity contribution in [2.24, 2.45) is 0 Å². The lowest BCUT2D eigenvalue weighted by Gasteiger charge is -2.12. The number of carbonyl (C=O) groups is 1. The number of para-hydroxylation sites is 2. The molecular formula is C29H43NO2. The number of hydrogen-bond donors (Lipinski definition) is 1. The maximum Gasteiger partial charge on any atom is 0.224 e. The number of ether oxygens (including phenoxy) is 1. The number of benzene rings is 2. The van der Waals surface area contributed by atoms with Gasteiger partial charge in [-0.2, -0.15) is 0 Å². The van der Waals surface area contributed by atoms with Crippen LogP contribution in [0.5, 0.6) is 5.75 Å². The van der Waals surface area contributed by atoms with E-state index in [0.29, 0.717) is 13.0 Å². The van der Waals surface area contributed by atoms with E-state index in [1.54, 1.807) is 0 Å². The number of nitrogens with one attached hydrogen (secondary N) is 1. The van der Waals surface area contributed by atoms with E-state index in [1.165, 1.54) is 63.4 Å². The van der Waals surface area contributed by atoms with E-state index >= 15 is 0 Å². The normalized spacial score (nSPS) is 10.8. The summed E-state index contributed by atoms with van der Waals surface area (Å²) in [7, 11) is 0. The molecule has 32 heavy (non-hydrogen) atoms. The molecule has 0 aromatic heterocycles. The Hall–Kier alpha value is -2.29. The minimum atomic E-state index is 0.0845. The molecule has 0 aliphatic carbocycles. The maximum absolute atomic E-state index is 12.4. The van der Waals surface area contributed by atoms with E-state index in [2.05, 4.69) is 36.5 Å². The zero-order valence-corrected chi connectivity index (χ0v) is 20.1. The van der Waals surface area contributed by atoms with Gasteiger partial charge in [0.2, 0.25) is 5.91 Å². The van der Waals surface area contributed by atoms with Crippen molar-refractivity contribution in [2.75, 3.05) is 11.9 Å². The predicted molar refractivity (Wildman–Crippen MR) is 136 cm³/mol. The molecule has 0 aliphatic rings. The first kappa shape index (κ1) is 26.0. The van der Waals surface area contributed by atoms with Gasteiger partial charge in [-0.3, -0.25) is 4.79 Å². The van der Waals surface area contributed by atoms with Crippen molar-refractivity contribution in [1.82, 2.24) is 0 Å². The van der Waals surface area contributed by atoms with Gasteiger partial charge in [0.1, 0.15) is 5.75 Å². The average molecular weight is 438 g/mol. The van der Waals surface area contributed by atoms with Crippen molar-refractivity contribution in [3.05, 3.63) is 60.2 Å². The van der Waals surface area contributed by atoms with E-state index in [1.807, 2.05) is 30.3 Å². The zero-order chi connectivity index (χ0) is 22.7. The quantitative estimate of drug-likeness (QED) is 0.238. The van der Waals surface area contributed by atoms with Crippen LogP contribution in [0.3, 0.4) is 0 Å². The van der Waals surface area contributed by atoms with E-state index in [0.717, 1.165) is 37.1 Å². The van der Waals surface area contributed by atoms with Gasteiger partial charge in [-0.1, -0.05) is 114 Å². The van der Waals surface area contributed by atoms with Crippen LogP contribution in [0.4, 0.5) is 5.69 Å². The molecule has 0 atom stereocenters. The maximum atomic E-state index is 12.4. The first-order valence-electron chi connectivity index (χ1n) is 12.8. The summed E-state index contributed by atoms with van der Waals surface area (Å²) in [5, 5.41) is 3.04. The minimum absolute atomic E-state index is 0.0845. The van der Waals surface area contributed by atoms with Gasteiger partial charge in [0.15, 0.2) is 0 Å². The molecule has 3 nitrogen and oxygen atoms in total. The topological polar surface area (TPSA) is 38.3 Å². The van der Waals surface area contributed by atoms with Crippen LogP contribution in [0.15, 0.2) is 54.6 Å². The van der Waals surface area contributed by atoms with Gasteiger partial charge < -0.3 is 10.1 Å². The lowest BCUT2D eigenvalue weighted by atomic mass is 10.1. The van der Waals surface area contributed by atoms with Crippen LogP contribution in [0, 0.1) is 0 Å². The Bertz CT molecular complexity index is 729. The van der Waals surface area contributed by atoms with E-state index < -0.39 is 0 Å². The van der Waals surface area contributed by atoms with E-state index in [9.17, 15) is 4.79 Å². The molecule has 0 radical (unpaired) electrons. The van der Waals surface area contributed by atoms with Crippen LogP contribution in [0.2, 0.25) is 0 Å². The number of aryl methyl sites for hydroxylation is 1. The van der Waals surface area contributed by atoms with Gasteiger partial charge in [-0.05, 0) is 37.0 Å². The highest BCUT2D eigenvalue weighted by atomic mass is 16.5. The van der Waals surface area contributed by atoms with Crippen molar-refractivity contribution < 1.29 is 9.53 Å². The predicted octanol–water partition coefficient (Wildman–Crippen LogP) is 8.34. The largest absolute Gasteiger partial charge is 0.491 e. The Morgan fingerprint density at radius 3 is 2.00 bits per heavy atom. The zero-order valence-electron chi connectivity index (χ0n) is 20.1. The summed E-state index contributed by atoms with van der Waals surface area (Å²) in [5.41, 5.74) is 2.10. The van der Waals surface area contributed by atoms with Crippen LogP contribution in [0.25, 0.3) is 0 Å². The number of amides is 1. The standard InChI is InChI=1S/C29H43NO2/c1-2-3-4-5-6-7-8-9-10-11-15-24-29(31)30-27-22-16-17-23-28(27)32-25-18-21-26-19-13-12-14-20-26/h12-14,16-17,19-20,22-23H,2-11,15,18,21,24-25H2,1H3,(H,30,31). The second-order valence-corrected chi connectivity index (χ2v) is 8.77. The molecule has 0 heterocycles. The summed E-state index contributed by atoms with van der Waals surface area (Å²) >= 11 is 0. The summed E-state index contributed by atoms with van der Waals surface area (Å²) in [6, 6.07) is 18.2. The van der Waals surface area contributed by atoms with Gasteiger partial charge in [-0.15, -0.1) is 0 Å². The summed E-state index contributed by atoms with van der Waals surface area (Å²) in [6.07, 6.45) is 16.8. The molecule has 0 bridgehead atoms. The molecule has 176 valence electrons. The molecule has 0 saturated carbocycles. The Morgan fingerprint density at radius 2 is 1.31 bits per heavy atom. The molecule has 2 rings (SSSR count). The fourth-order valence-electron chi connectivity index (χ4n) is 3.96. The number of rotatable bonds is 18. The Labute approximate surface area is 196 Å². The van der Waals surface area contributed by atoms with Gasteiger partial charge >= 0.3 is 0 Å². The number of anilines is 1. The monoisotopic (exact) mass is 437 g/mol. The molecule has 0 fully saturated rings. The molecule has 0 aliphatic heterocycles. The van der Waals surface area contributed by atoms with Gasteiger partial charge in [-0.25, -0.2) is 0 Å². The number of unbranched alkanes of at least 4 members (excludes halogenated alkanes) is 10. The van der Waals surface area contributed by atoms with Crippen LogP contribution >= 0.6 is 0 Å². The summed E-state index contributed by atoms with van der Waals surface area (Å²) in [5.74, 6) is 0.842. The highest BCUT2D eigenvalue weighted by Crippen LogP contribution is 2.24. The fraction of sp³-hybridized carbons (Fsp3) is 0.552. The third-order valence-corrected chi connectivity index (χ3v) is 5.88. The fourth-order valence-corrected chi connectivity index (χ4v) is 3.96. The first-order chi connectivity index (χ1) is 15.8. The molecule has 1 amide bonds. The smallest absolute Gasteiger partial charge is 0.224 e. The van der Waals surface area contributed by atoms with Gasteiger partial charge in [0.05, 0.1) is 12.3 Å². The van der Waals surface area contributed by atoms with Crippen molar-refractivity contribution in [2.45, 2.75) is 96.8 Å². The molecule has 2 aromatic rings. The number of hydrogen-bond acceptors (Lipinski definition) is 2. The molecule has 0 spiro atoms. The van der Waals surface area contributed by atoms with Crippen LogP contribution in [-0.2, 0) is 11.2 Å². The second kappa shape index (κ2) is 17.3. The van der Waals surface area contributed by atoms with E-state index in [4.69, 9.17) is 4.74 Å². The Morgan fingerprint density at radius 1 is 0.719 bits per heavy atom. The highest BCUT2D eigenvalue weighted by Gasteiger charge is 2.07. The molecular weight excluding hydrogens is 394 g/mol. The van der Waals surface area contributed by atoms with Crippen LogP contribution < -0.4 is 10.1 Å². The lowest BCUT2D eigenvalue weighted by Crippen LogP contribution is -2.12. The van der Waals surface area contributed by atoms with E-state index in [-0.39, 0.29) is 5.91 Å². The second-order valence-electron chi connectivity index (χ2n) is 8.77.